The second-order valence-electron chi connectivity index (χ2n) is 8.76. The molecule has 0 radical (unpaired) electrons. The van der Waals surface area contributed by atoms with Gasteiger partial charge in [-0.3, -0.25) is 9.78 Å². The van der Waals surface area contributed by atoms with Crippen molar-refractivity contribution in [1.82, 2.24) is 15.2 Å². The fraction of sp³-hybridized carbons (Fsp3) is 0.520. The predicted octanol–water partition coefficient (Wildman–Crippen LogP) is 3.55. The summed E-state index contributed by atoms with van der Waals surface area (Å²) >= 11 is 0. The SMILES string of the molecule is CCN1CCC(CNC(=O)C2(Cc3ccc(-c4ccncc4)cc3)CCOCC2)C1. The highest BCUT2D eigenvalue weighted by molar-refractivity contribution is 5.83. The van der Waals surface area contributed by atoms with Crippen LogP contribution in [-0.2, 0) is 16.0 Å². The van der Waals surface area contributed by atoms with Crippen molar-refractivity contribution in [1.29, 1.82) is 0 Å². The summed E-state index contributed by atoms with van der Waals surface area (Å²) in [5.74, 6) is 0.782. The third kappa shape index (κ3) is 4.90. The maximum absolute atomic E-state index is 13.3. The summed E-state index contributed by atoms with van der Waals surface area (Å²) in [6, 6.07) is 12.7. The lowest BCUT2D eigenvalue weighted by Gasteiger charge is -2.36. The summed E-state index contributed by atoms with van der Waals surface area (Å²) in [7, 11) is 0. The summed E-state index contributed by atoms with van der Waals surface area (Å²) < 4.78 is 5.60. The molecular weight excluding hydrogens is 374 g/mol. The minimum Gasteiger partial charge on any atom is -0.381 e. The molecule has 1 N–H and O–H groups in total. The van der Waals surface area contributed by atoms with E-state index in [-0.39, 0.29) is 11.3 Å². The molecular formula is C25H33N3O2. The molecule has 2 aromatic rings. The largest absolute Gasteiger partial charge is 0.381 e. The summed E-state index contributed by atoms with van der Waals surface area (Å²) in [6.45, 7) is 7.67. The number of nitrogens with zero attached hydrogens (tertiary/aromatic N) is 2. The Balaban J connectivity index is 1.42. The molecule has 0 spiro atoms. The van der Waals surface area contributed by atoms with Crippen LogP contribution in [0.5, 0.6) is 0 Å². The molecule has 1 aromatic carbocycles. The zero-order valence-corrected chi connectivity index (χ0v) is 18.0. The van der Waals surface area contributed by atoms with Crippen molar-refractivity contribution in [2.45, 2.75) is 32.6 Å². The Morgan fingerprint density at radius 2 is 1.83 bits per heavy atom. The fourth-order valence-electron chi connectivity index (χ4n) is 4.79. The first-order valence-electron chi connectivity index (χ1n) is 11.3. The average molecular weight is 408 g/mol. The first kappa shape index (κ1) is 21.0. The molecule has 0 aliphatic carbocycles. The van der Waals surface area contributed by atoms with E-state index < -0.39 is 0 Å². The Hall–Kier alpha value is -2.24. The molecule has 2 aliphatic rings. The number of rotatable bonds is 7. The van der Waals surface area contributed by atoms with E-state index in [0.29, 0.717) is 19.1 Å². The number of carbonyl (C=O) groups excluding carboxylic acids is 1. The quantitative estimate of drug-likeness (QED) is 0.763. The smallest absolute Gasteiger partial charge is 0.226 e. The number of hydrogen-bond acceptors (Lipinski definition) is 4. The van der Waals surface area contributed by atoms with Crippen LogP contribution in [0.3, 0.4) is 0 Å². The molecule has 2 saturated heterocycles. The summed E-state index contributed by atoms with van der Waals surface area (Å²) in [5, 5.41) is 3.31. The number of carbonyl (C=O) groups is 1. The Kier molecular flexibility index (Phi) is 6.80. The molecule has 1 unspecified atom stereocenters. The lowest BCUT2D eigenvalue weighted by molar-refractivity contribution is -0.136. The average Bonchev–Trinajstić information content (AvgIpc) is 3.27. The highest BCUT2D eigenvalue weighted by Crippen LogP contribution is 2.35. The minimum absolute atomic E-state index is 0.207. The summed E-state index contributed by atoms with van der Waals surface area (Å²) in [6.07, 6.45) is 7.15. The number of likely N-dealkylation sites (tertiary alicyclic amines) is 1. The first-order chi connectivity index (χ1) is 14.7. The molecule has 1 amide bonds. The van der Waals surface area contributed by atoms with E-state index in [1.165, 1.54) is 17.5 Å². The fourth-order valence-corrected chi connectivity index (χ4v) is 4.79. The zero-order chi connectivity index (χ0) is 20.8. The number of benzene rings is 1. The summed E-state index contributed by atoms with van der Waals surface area (Å²) in [4.78, 5) is 19.9. The second kappa shape index (κ2) is 9.71. The maximum Gasteiger partial charge on any atom is 0.226 e. The molecule has 1 atom stereocenters. The van der Waals surface area contributed by atoms with E-state index in [4.69, 9.17) is 4.74 Å². The van der Waals surface area contributed by atoms with Gasteiger partial charge in [-0.2, -0.15) is 0 Å². The molecule has 5 nitrogen and oxygen atoms in total. The standard InChI is InChI=1S/C25H33N3O2/c1-2-28-14-9-21(19-28)18-27-24(29)25(10-15-30-16-11-25)17-20-3-5-22(6-4-20)23-7-12-26-13-8-23/h3-8,12-13,21H,2,9-11,14-19H2,1H3,(H,27,29). The van der Waals surface area contributed by atoms with Gasteiger partial charge in [-0.1, -0.05) is 31.2 Å². The van der Waals surface area contributed by atoms with Crippen molar-refractivity contribution < 1.29 is 9.53 Å². The first-order valence-corrected chi connectivity index (χ1v) is 11.3. The van der Waals surface area contributed by atoms with Gasteiger partial charge in [-0.15, -0.1) is 0 Å². The summed E-state index contributed by atoms with van der Waals surface area (Å²) in [5.41, 5.74) is 3.18. The van der Waals surface area contributed by atoms with Crippen LogP contribution in [0.2, 0.25) is 0 Å². The van der Waals surface area contributed by atoms with Crippen molar-refractivity contribution in [2.24, 2.45) is 11.3 Å². The molecule has 2 fully saturated rings. The van der Waals surface area contributed by atoms with Gasteiger partial charge in [0, 0.05) is 38.7 Å². The molecule has 5 heteroatoms. The van der Waals surface area contributed by atoms with Gasteiger partial charge >= 0.3 is 0 Å². The Labute approximate surface area is 179 Å². The molecule has 1 aromatic heterocycles. The zero-order valence-electron chi connectivity index (χ0n) is 18.0. The van der Waals surface area contributed by atoms with Gasteiger partial charge in [-0.25, -0.2) is 0 Å². The van der Waals surface area contributed by atoms with E-state index in [1.54, 1.807) is 0 Å². The minimum atomic E-state index is -0.362. The van der Waals surface area contributed by atoms with Crippen LogP contribution in [0.4, 0.5) is 0 Å². The van der Waals surface area contributed by atoms with E-state index in [1.807, 2.05) is 24.5 Å². The number of amides is 1. The van der Waals surface area contributed by atoms with Gasteiger partial charge in [0.1, 0.15) is 0 Å². The normalized spacial score (nSPS) is 21.4. The second-order valence-corrected chi connectivity index (χ2v) is 8.76. The van der Waals surface area contributed by atoms with Gasteiger partial charge in [0.25, 0.3) is 0 Å². The van der Waals surface area contributed by atoms with Crippen LogP contribution >= 0.6 is 0 Å². The van der Waals surface area contributed by atoms with Crippen LogP contribution in [0.25, 0.3) is 11.1 Å². The Morgan fingerprint density at radius 1 is 1.13 bits per heavy atom. The van der Waals surface area contributed by atoms with Crippen LogP contribution in [0.1, 0.15) is 31.7 Å². The van der Waals surface area contributed by atoms with E-state index in [2.05, 4.69) is 46.4 Å². The van der Waals surface area contributed by atoms with Crippen LogP contribution in [0.15, 0.2) is 48.8 Å². The van der Waals surface area contributed by atoms with Crippen molar-refractivity contribution in [3.8, 4) is 11.1 Å². The molecule has 0 saturated carbocycles. The van der Waals surface area contributed by atoms with Gasteiger partial charge in [0.15, 0.2) is 0 Å². The van der Waals surface area contributed by atoms with Gasteiger partial charge in [-0.05, 0) is 73.5 Å². The van der Waals surface area contributed by atoms with E-state index >= 15 is 0 Å². The van der Waals surface area contributed by atoms with Gasteiger partial charge in [0.05, 0.1) is 5.41 Å². The Morgan fingerprint density at radius 3 is 2.50 bits per heavy atom. The van der Waals surface area contributed by atoms with Crippen LogP contribution < -0.4 is 5.32 Å². The lowest BCUT2D eigenvalue weighted by Crippen LogP contribution is -2.47. The van der Waals surface area contributed by atoms with Crippen molar-refractivity contribution in [3.05, 3.63) is 54.4 Å². The predicted molar refractivity (Wildman–Crippen MR) is 119 cm³/mol. The van der Waals surface area contributed by atoms with E-state index in [0.717, 1.165) is 51.0 Å². The number of pyridine rings is 1. The molecule has 3 heterocycles. The molecule has 30 heavy (non-hydrogen) atoms. The van der Waals surface area contributed by atoms with Crippen molar-refractivity contribution in [2.75, 3.05) is 39.4 Å². The number of hydrogen-bond donors (Lipinski definition) is 1. The highest BCUT2D eigenvalue weighted by Gasteiger charge is 2.40. The highest BCUT2D eigenvalue weighted by atomic mass is 16.5. The van der Waals surface area contributed by atoms with Crippen molar-refractivity contribution >= 4 is 5.91 Å². The van der Waals surface area contributed by atoms with Crippen LogP contribution in [0, 0.1) is 11.3 Å². The number of ether oxygens (including phenoxy) is 1. The van der Waals surface area contributed by atoms with Gasteiger partial charge in [0.2, 0.25) is 5.91 Å². The van der Waals surface area contributed by atoms with Gasteiger partial charge < -0.3 is 15.0 Å². The third-order valence-electron chi connectivity index (χ3n) is 6.81. The maximum atomic E-state index is 13.3. The molecule has 160 valence electrons. The Bertz CT molecular complexity index is 816. The van der Waals surface area contributed by atoms with Crippen LogP contribution in [-0.4, -0.2) is 55.2 Å². The third-order valence-corrected chi connectivity index (χ3v) is 6.81. The molecule has 2 aliphatic heterocycles. The lowest BCUT2D eigenvalue weighted by atomic mass is 9.74. The molecule has 4 rings (SSSR count). The van der Waals surface area contributed by atoms with Crippen molar-refractivity contribution in [3.63, 3.8) is 0 Å². The number of aromatic nitrogens is 1. The number of nitrogens with one attached hydrogen (secondary N) is 1. The molecule has 0 bridgehead atoms. The monoisotopic (exact) mass is 407 g/mol. The van der Waals surface area contributed by atoms with E-state index in [9.17, 15) is 4.79 Å². The topological polar surface area (TPSA) is 54.5 Å².